The van der Waals surface area contributed by atoms with E-state index in [1.807, 2.05) is 56.8 Å². The van der Waals surface area contributed by atoms with Crippen LogP contribution in [-0.4, -0.2) is 36.3 Å². The summed E-state index contributed by atoms with van der Waals surface area (Å²) in [6.45, 7) is 8.61. The minimum absolute atomic E-state index is 0.140. The van der Waals surface area contributed by atoms with Crippen molar-refractivity contribution in [2.75, 3.05) is 18.1 Å². The smallest absolute Gasteiger partial charge is 0.338 e. The number of carbonyl (C=O) groups is 1. The molecule has 0 aliphatic heterocycles. The van der Waals surface area contributed by atoms with Crippen molar-refractivity contribution in [1.29, 1.82) is 0 Å². The summed E-state index contributed by atoms with van der Waals surface area (Å²) in [5.41, 5.74) is 1.73. The molecular formula is C18H28O3S. The van der Waals surface area contributed by atoms with E-state index < -0.39 is 0 Å². The highest BCUT2D eigenvalue weighted by molar-refractivity contribution is 7.99. The second kappa shape index (κ2) is 10.7. The molecule has 124 valence electrons. The molecule has 1 aromatic rings. The van der Waals surface area contributed by atoms with Gasteiger partial charge < -0.3 is 9.47 Å². The van der Waals surface area contributed by atoms with Crippen molar-refractivity contribution in [2.24, 2.45) is 0 Å². The molecule has 4 heteroatoms. The summed E-state index contributed by atoms with van der Waals surface area (Å²) in [4.78, 5) is 12.2. The number of carbonyl (C=O) groups excluding carboxylic acids is 1. The van der Waals surface area contributed by atoms with E-state index in [4.69, 9.17) is 9.47 Å². The standard InChI is InChI=1S/C18H28O3S/c1-5-6-11-22-13-17(12-20-14(2)3)21-18(19)16-9-7-15(4)8-10-16/h7-10,14,17H,5-6,11-13H2,1-4H3/t17-/m1/s1. The Morgan fingerprint density at radius 2 is 1.91 bits per heavy atom. The van der Waals surface area contributed by atoms with Gasteiger partial charge in [-0.25, -0.2) is 4.79 Å². The summed E-state index contributed by atoms with van der Waals surface area (Å²) in [7, 11) is 0. The Morgan fingerprint density at radius 3 is 2.50 bits per heavy atom. The third-order valence-corrected chi connectivity index (χ3v) is 4.31. The van der Waals surface area contributed by atoms with Gasteiger partial charge in [0.15, 0.2) is 0 Å². The lowest BCUT2D eigenvalue weighted by molar-refractivity contribution is -0.0119. The topological polar surface area (TPSA) is 35.5 Å². The number of hydrogen-bond acceptors (Lipinski definition) is 4. The van der Waals surface area contributed by atoms with Gasteiger partial charge in [-0.2, -0.15) is 11.8 Å². The SMILES string of the molecule is CCCCSC[C@@H](COC(C)C)OC(=O)c1ccc(C)cc1. The number of unbranched alkanes of at least 4 members (excludes halogenated alkanes) is 1. The molecule has 0 heterocycles. The van der Waals surface area contributed by atoms with Crippen molar-refractivity contribution in [3.63, 3.8) is 0 Å². The summed E-state index contributed by atoms with van der Waals surface area (Å²) in [5.74, 6) is 1.61. The summed E-state index contributed by atoms with van der Waals surface area (Å²) < 4.78 is 11.2. The number of benzene rings is 1. The van der Waals surface area contributed by atoms with Crippen LogP contribution in [0.1, 0.15) is 49.5 Å². The fraction of sp³-hybridized carbons (Fsp3) is 0.611. The van der Waals surface area contributed by atoms with Crippen LogP contribution in [0.25, 0.3) is 0 Å². The van der Waals surface area contributed by atoms with Gasteiger partial charge in [-0.15, -0.1) is 0 Å². The molecule has 0 amide bonds. The van der Waals surface area contributed by atoms with Gasteiger partial charge in [0.1, 0.15) is 6.10 Å². The van der Waals surface area contributed by atoms with E-state index >= 15 is 0 Å². The van der Waals surface area contributed by atoms with Crippen LogP contribution in [0.15, 0.2) is 24.3 Å². The van der Waals surface area contributed by atoms with Gasteiger partial charge in [0.25, 0.3) is 0 Å². The second-order valence-corrected chi connectivity index (χ2v) is 6.85. The Morgan fingerprint density at radius 1 is 1.23 bits per heavy atom. The third-order valence-electron chi connectivity index (χ3n) is 3.12. The van der Waals surface area contributed by atoms with Gasteiger partial charge in [-0.3, -0.25) is 0 Å². The van der Waals surface area contributed by atoms with Crippen LogP contribution in [0.5, 0.6) is 0 Å². The first-order chi connectivity index (χ1) is 10.5. The maximum Gasteiger partial charge on any atom is 0.338 e. The molecule has 0 bridgehead atoms. The number of thioether (sulfide) groups is 1. The van der Waals surface area contributed by atoms with Crippen LogP contribution < -0.4 is 0 Å². The van der Waals surface area contributed by atoms with Crippen LogP contribution in [0.3, 0.4) is 0 Å². The third kappa shape index (κ3) is 7.85. The van der Waals surface area contributed by atoms with E-state index in [-0.39, 0.29) is 18.2 Å². The molecule has 0 saturated heterocycles. The van der Waals surface area contributed by atoms with Crippen molar-refractivity contribution in [2.45, 2.75) is 52.7 Å². The zero-order valence-electron chi connectivity index (χ0n) is 14.1. The predicted octanol–water partition coefficient (Wildman–Crippen LogP) is 4.48. The lowest BCUT2D eigenvalue weighted by atomic mass is 10.1. The summed E-state index contributed by atoms with van der Waals surface area (Å²) >= 11 is 1.82. The maximum absolute atomic E-state index is 12.2. The molecule has 22 heavy (non-hydrogen) atoms. The average molecular weight is 324 g/mol. The van der Waals surface area contributed by atoms with Gasteiger partial charge in [-0.05, 0) is 45.1 Å². The van der Waals surface area contributed by atoms with Gasteiger partial charge >= 0.3 is 5.97 Å². The largest absolute Gasteiger partial charge is 0.455 e. The van der Waals surface area contributed by atoms with Gasteiger partial charge in [0.05, 0.1) is 18.3 Å². The fourth-order valence-corrected chi connectivity index (χ4v) is 2.87. The van der Waals surface area contributed by atoms with E-state index in [0.29, 0.717) is 12.2 Å². The quantitative estimate of drug-likeness (QED) is 0.469. The molecule has 0 fully saturated rings. The molecule has 0 radical (unpaired) electrons. The first-order valence-electron chi connectivity index (χ1n) is 8.00. The van der Waals surface area contributed by atoms with Crippen LogP contribution in [0, 0.1) is 6.92 Å². The molecule has 3 nitrogen and oxygen atoms in total. The summed E-state index contributed by atoms with van der Waals surface area (Å²) in [5, 5.41) is 0. The van der Waals surface area contributed by atoms with E-state index in [1.165, 1.54) is 12.8 Å². The molecular weight excluding hydrogens is 296 g/mol. The Bertz CT molecular complexity index is 428. The lowest BCUT2D eigenvalue weighted by Gasteiger charge is -2.19. The molecule has 0 aromatic heterocycles. The molecule has 1 aromatic carbocycles. The Balaban J connectivity index is 2.53. The van der Waals surface area contributed by atoms with E-state index in [2.05, 4.69) is 6.92 Å². The summed E-state index contributed by atoms with van der Waals surface area (Å²) in [6, 6.07) is 7.46. The zero-order chi connectivity index (χ0) is 16.4. The van der Waals surface area contributed by atoms with Crippen LogP contribution >= 0.6 is 11.8 Å². The molecule has 1 rings (SSSR count). The van der Waals surface area contributed by atoms with Crippen molar-refractivity contribution < 1.29 is 14.3 Å². The van der Waals surface area contributed by atoms with Crippen molar-refractivity contribution in [1.82, 2.24) is 0 Å². The van der Waals surface area contributed by atoms with E-state index in [0.717, 1.165) is 17.1 Å². The van der Waals surface area contributed by atoms with E-state index in [9.17, 15) is 4.79 Å². The Labute approximate surface area is 138 Å². The number of hydrogen-bond donors (Lipinski definition) is 0. The first kappa shape index (κ1) is 19.0. The first-order valence-corrected chi connectivity index (χ1v) is 9.15. The maximum atomic E-state index is 12.2. The van der Waals surface area contributed by atoms with Crippen LogP contribution in [0.2, 0.25) is 0 Å². The number of ether oxygens (including phenoxy) is 2. The molecule has 0 saturated carbocycles. The highest BCUT2D eigenvalue weighted by Gasteiger charge is 2.17. The average Bonchev–Trinajstić information content (AvgIpc) is 2.49. The van der Waals surface area contributed by atoms with Crippen LogP contribution in [0.4, 0.5) is 0 Å². The zero-order valence-corrected chi connectivity index (χ0v) is 14.9. The molecule has 0 aliphatic carbocycles. The Hall–Kier alpha value is -1.00. The summed E-state index contributed by atoms with van der Waals surface area (Å²) in [6.07, 6.45) is 2.32. The molecule has 0 aliphatic rings. The Kier molecular flexibility index (Phi) is 9.25. The molecule has 0 unspecified atom stereocenters. The molecule has 0 spiro atoms. The lowest BCUT2D eigenvalue weighted by Crippen LogP contribution is -2.27. The van der Waals surface area contributed by atoms with Crippen molar-refractivity contribution >= 4 is 17.7 Å². The van der Waals surface area contributed by atoms with Crippen molar-refractivity contribution in [3.05, 3.63) is 35.4 Å². The minimum atomic E-state index is -0.270. The minimum Gasteiger partial charge on any atom is -0.455 e. The molecule has 1 atom stereocenters. The second-order valence-electron chi connectivity index (χ2n) is 5.70. The number of esters is 1. The number of rotatable bonds is 10. The highest BCUT2D eigenvalue weighted by atomic mass is 32.2. The van der Waals surface area contributed by atoms with Gasteiger partial charge in [-0.1, -0.05) is 31.0 Å². The predicted molar refractivity (Wildman–Crippen MR) is 93.7 cm³/mol. The van der Waals surface area contributed by atoms with Gasteiger partial charge in [0, 0.05) is 5.75 Å². The van der Waals surface area contributed by atoms with Gasteiger partial charge in [0.2, 0.25) is 0 Å². The highest BCUT2D eigenvalue weighted by Crippen LogP contribution is 2.13. The molecule has 0 N–H and O–H groups in total. The van der Waals surface area contributed by atoms with Crippen LogP contribution in [-0.2, 0) is 9.47 Å². The fourth-order valence-electron chi connectivity index (χ4n) is 1.79. The number of aryl methyl sites for hydroxylation is 1. The van der Waals surface area contributed by atoms with Crippen molar-refractivity contribution in [3.8, 4) is 0 Å². The normalized spacial score (nSPS) is 12.4. The van der Waals surface area contributed by atoms with E-state index in [1.54, 1.807) is 0 Å². The monoisotopic (exact) mass is 324 g/mol.